The SMILES string of the molecule is CC1(C)C2CCC1(C)C(NCC1Cc3ccccc3O1)C2. The molecule has 4 atom stereocenters. The number of rotatable bonds is 3. The molecule has 0 saturated heterocycles. The van der Waals surface area contributed by atoms with Gasteiger partial charge in [0.25, 0.3) is 0 Å². The lowest BCUT2D eigenvalue weighted by molar-refractivity contribution is 0.113. The van der Waals surface area contributed by atoms with Gasteiger partial charge >= 0.3 is 0 Å². The van der Waals surface area contributed by atoms with Gasteiger partial charge in [-0.15, -0.1) is 0 Å². The summed E-state index contributed by atoms with van der Waals surface area (Å²) in [7, 11) is 0. The third kappa shape index (κ3) is 1.88. The zero-order valence-corrected chi connectivity index (χ0v) is 13.5. The smallest absolute Gasteiger partial charge is 0.123 e. The number of nitrogens with one attached hydrogen (secondary N) is 1. The minimum Gasteiger partial charge on any atom is -0.488 e. The Kier molecular flexibility index (Phi) is 2.91. The molecule has 2 nitrogen and oxygen atoms in total. The van der Waals surface area contributed by atoms with Gasteiger partial charge in [0, 0.05) is 19.0 Å². The lowest BCUT2D eigenvalue weighted by atomic mass is 9.69. The van der Waals surface area contributed by atoms with Crippen molar-refractivity contribution in [2.75, 3.05) is 6.54 Å². The first kappa shape index (κ1) is 13.6. The maximum atomic E-state index is 6.07. The van der Waals surface area contributed by atoms with Crippen LogP contribution in [-0.4, -0.2) is 18.7 Å². The quantitative estimate of drug-likeness (QED) is 0.912. The number of ether oxygens (including phenoxy) is 1. The summed E-state index contributed by atoms with van der Waals surface area (Å²) < 4.78 is 6.07. The maximum absolute atomic E-state index is 6.07. The molecule has 1 aromatic rings. The lowest BCUT2D eigenvalue weighted by Gasteiger charge is -2.40. The predicted octanol–water partition coefficient (Wildman–Crippen LogP) is 3.79. The van der Waals surface area contributed by atoms with Crippen molar-refractivity contribution in [3.63, 3.8) is 0 Å². The van der Waals surface area contributed by atoms with Crippen LogP contribution in [0.15, 0.2) is 24.3 Å². The summed E-state index contributed by atoms with van der Waals surface area (Å²) in [4.78, 5) is 0. The van der Waals surface area contributed by atoms with Crippen LogP contribution in [0.4, 0.5) is 0 Å². The molecular weight excluding hydrogens is 258 g/mol. The predicted molar refractivity (Wildman–Crippen MR) is 85.6 cm³/mol. The third-order valence-electron chi connectivity index (χ3n) is 7.10. The average Bonchev–Trinajstić information content (AvgIpc) is 3.02. The van der Waals surface area contributed by atoms with E-state index in [0.717, 1.165) is 24.6 Å². The molecule has 0 radical (unpaired) electrons. The number of benzene rings is 1. The molecule has 1 heterocycles. The van der Waals surface area contributed by atoms with E-state index in [0.29, 0.717) is 23.0 Å². The van der Waals surface area contributed by atoms with E-state index in [4.69, 9.17) is 4.74 Å². The molecule has 1 aromatic carbocycles. The Labute approximate surface area is 128 Å². The topological polar surface area (TPSA) is 21.3 Å². The summed E-state index contributed by atoms with van der Waals surface area (Å²) in [5.41, 5.74) is 2.32. The van der Waals surface area contributed by atoms with Crippen molar-refractivity contribution in [2.45, 2.75) is 58.6 Å². The standard InChI is InChI=1S/C19H27NO/c1-18(2)14-8-9-19(18,3)17(11-14)20-12-15-10-13-6-4-5-7-16(13)21-15/h4-7,14-15,17,20H,8-12H2,1-3H3. The van der Waals surface area contributed by atoms with E-state index in [1.165, 1.54) is 24.8 Å². The molecule has 114 valence electrons. The molecule has 4 rings (SSSR count). The van der Waals surface area contributed by atoms with E-state index >= 15 is 0 Å². The minimum absolute atomic E-state index is 0.313. The summed E-state index contributed by atoms with van der Waals surface area (Å²) in [6.07, 6.45) is 5.53. The van der Waals surface area contributed by atoms with Crippen LogP contribution in [0.5, 0.6) is 5.75 Å². The Bertz CT molecular complexity index is 527. The molecule has 1 N–H and O–H groups in total. The van der Waals surface area contributed by atoms with Crippen LogP contribution < -0.4 is 10.1 Å². The van der Waals surface area contributed by atoms with Crippen LogP contribution >= 0.6 is 0 Å². The van der Waals surface area contributed by atoms with E-state index in [1.807, 2.05) is 0 Å². The van der Waals surface area contributed by atoms with Gasteiger partial charge in [-0.1, -0.05) is 39.0 Å². The molecule has 2 fully saturated rings. The fourth-order valence-electron chi connectivity index (χ4n) is 5.15. The Hall–Kier alpha value is -1.02. The summed E-state index contributed by atoms with van der Waals surface area (Å²) in [5, 5.41) is 3.86. The first-order valence-corrected chi connectivity index (χ1v) is 8.49. The van der Waals surface area contributed by atoms with Crippen molar-refractivity contribution in [1.82, 2.24) is 5.32 Å². The van der Waals surface area contributed by atoms with Gasteiger partial charge in [-0.25, -0.2) is 0 Å². The van der Waals surface area contributed by atoms with Crippen molar-refractivity contribution >= 4 is 0 Å². The van der Waals surface area contributed by atoms with Gasteiger partial charge in [-0.2, -0.15) is 0 Å². The second kappa shape index (κ2) is 4.49. The molecule has 21 heavy (non-hydrogen) atoms. The second-order valence-corrected chi connectivity index (χ2v) is 8.12. The summed E-state index contributed by atoms with van der Waals surface area (Å²) in [6.45, 7) is 8.45. The van der Waals surface area contributed by atoms with Crippen molar-refractivity contribution in [1.29, 1.82) is 0 Å². The van der Waals surface area contributed by atoms with E-state index in [-0.39, 0.29) is 0 Å². The van der Waals surface area contributed by atoms with Crippen LogP contribution in [0.2, 0.25) is 0 Å². The Morgan fingerprint density at radius 1 is 1.24 bits per heavy atom. The van der Waals surface area contributed by atoms with Gasteiger partial charge in [-0.3, -0.25) is 0 Å². The van der Waals surface area contributed by atoms with Gasteiger partial charge in [0.1, 0.15) is 11.9 Å². The molecule has 1 aliphatic heterocycles. The molecule has 0 aromatic heterocycles. The molecule has 2 saturated carbocycles. The van der Waals surface area contributed by atoms with Crippen LogP contribution in [0, 0.1) is 16.7 Å². The number of hydrogen-bond acceptors (Lipinski definition) is 2. The Morgan fingerprint density at radius 2 is 2.05 bits per heavy atom. The molecule has 2 heteroatoms. The van der Waals surface area contributed by atoms with E-state index in [1.54, 1.807) is 0 Å². The van der Waals surface area contributed by atoms with Gasteiger partial charge in [0.15, 0.2) is 0 Å². The second-order valence-electron chi connectivity index (χ2n) is 8.12. The van der Waals surface area contributed by atoms with Crippen LogP contribution in [0.3, 0.4) is 0 Å². The van der Waals surface area contributed by atoms with E-state index in [9.17, 15) is 0 Å². The molecule has 2 bridgehead atoms. The van der Waals surface area contributed by atoms with Gasteiger partial charge in [0.05, 0.1) is 0 Å². The van der Waals surface area contributed by atoms with Crippen LogP contribution in [0.25, 0.3) is 0 Å². The van der Waals surface area contributed by atoms with Gasteiger partial charge in [0.2, 0.25) is 0 Å². The van der Waals surface area contributed by atoms with Crippen molar-refractivity contribution in [3.8, 4) is 5.75 Å². The first-order chi connectivity index (χ1) is 10.0. The zero-order valence-electron chi connectivity index (χ0n) is 13.5. The van der Waals surface area contributed by atoms with Gasteiger partial charge < -0.3 is 10.1 Å². The third-order valence-corrected chi connectivity index (χ3v) is 7.10. The van der Waals surface area contributed by atoms with Crippen LogP contribution in [0.1, 0.15) is 45.6 Å². The number of fused-ring (bicyclic) bond motifs is 3. The molecule has 4 unspecified atom stereocenters. The van der Waals surface area contributed by atoms with Crippen molar-refractivity contribution < 1.29 is 4.74 Å². The summed E-state index contributed by atoms with van der Waals surface area (Å²) in [5.74, 6) is 1.99. The highest BCUT2D eigenvalue weighted by atomic mass is 16.5. The average molecular weight is 285 g/mol. The zero-order chi connectivity index (χ0) is 14.7. The highest BCUT2D eigenvalue weighted by Crippen LogP contribution is 2.65. The van der Waals surface area contributed by atoms with Crippen molar-refractivity contribution in [3.05, 3.63) is 29.8 Å². The molecule has 2 aliphatic carbocycles. The first-order valence-electron chi connectivity index (χ1n) is 8.49. The normalized spacial score (nSPS) is 39.3. The molecule has 0 amide bonds. The Morgan fingerprint density at radius 3 is 2.71 bits per heavy atom. The summed E-state index contributed by atoms with van der Waals surface area (Å²) >= 11 is 0. The lowest BCUT2D eigenvalue weighted by Crippen LogP contribution is -2.47. The monoisotopic (exact) mass is 285 g/mol. The number of para-hydroxylation sites is 1. The maximum Gasteiger partial charge on any atom is 0.123 e. The van der Waals surface area contributed by atoms with Crippen molar-refractivity contribution in [2.24, 2.45) is 16.7 Å². The molecule has 3 aliphatic rings. The molecule has 0 spiro atoms. The fraction of sp³-hybridized carbons (Fsp3) is 0.684. The van der Waals surface area contributed by atoms with E-state index in [2.05, 4.69) is 50.4 Å². The highest BCUT2D eigenvalue weighted by Gasteiger charge is 2.61. The summed E-state index contributed by atoms with van der Waals surface area (Å²) in [6, 6.07) is 9.12. The molecular formula is C19H27NO. The van der Waals surface area contributed by atoms with E-state index < -0.39 is 0 Å². The van der Waals surface area contributed by atoms with Gasteiger partial charge in [-0.05, 0) is 47.6 Å². The Balaban J connectivity index is 1.39. The fourth-order valence-corrected chi connectivity index (χ4v) is 5.15. The van der Waals surface area contributed by atoms with Crippen LogP contribution in [-0.2, 0) is 6.42 Å². The largest absolute Gasteiger partial charge is 0.488 e. The minimum atomic E-state index is 0.313. The highest BCUT2D eigenvalue weighted by molar-refractivity contribution is 5.37. The number of hydrogen-bond donors (Lipinski definition) is 1.